The summed E-state index contributed by atoms with van der Waals surface area (Å²) in [7, 11) is 0. The summed E-state index contributed by atoms with van der Waals surface area (Å²) in [6, 6.07) is 5.48. The number of benzene rings is 1. The molecule has 0 aliphatic heterocycles. The van der Waals surface area contributed by atoms with E-state index in [0.717, 1.165) is 12.1 Å². The molecular weight excluding hydrogens is 228 g/mol. The standard InChI is InChI=1S/C9H10Cl3N/c10-4-5-13-6-7-8(11)2-1-3-9(7)12/h1-3,13H,4-6H2. The molecule has 0 amide bonds. The number of halogens is 3. The lowest BCUT2D eigenvalue weighted by Crippen LogP contribution is -2.16. The zero-order valence-corrected chi connectivity index (χ0v) is 9.26. The van der Waals surface area contributed by atoms with Crippen molar-refractivity contribution in [1.29, 1.82) is 0 Å². The van der Waals surface area contributed by atoms with Crippen LogP contribution in [-0.2, 0) is 6.54 Å². The highest BCUT2D eigenvalue weighted by atomic mass is 35.5. The molecule has 0 heterocycles. The van der Waals surface area contributed by atoms with Crippen molar-refractivity contribution >= 4 is 34.8 Å². The molecule has 0 fully saturated rings. The van der Waals surface area contributed by atoms with Crippen molar-refractivity contribution in [2.75, 3.05) is 12.4 Å². The van der Waals surface area contributed by atoms with Crippen molar-refractivity contribution < 1.29 is 0 Å². The van der Waals surface area contributed by atoms with Gasteiger partial charge < -0.3 is 5.32 Å². The first-order chi connectivity index (χ1) is 6.25. The highest BCUT2D eigenvalue weighted by Gasteiger charge is 2.03. The molecule has 1 rings (SSSR count). The third-order valence-corrected chi connectivity index (χ3v) is 2.53. The predicted molar refractivity (Wildman–Crippen MR) is 58.9 cm³/mol. The Morgan fingerprint density at radius 1 is 1.15 bits per heavy atom. The van der Waals surface area contributed by atoms with Crippen LogP contribution in [0.4, 0.5) is 0 Å². The molecule has 0 spiro atoms. The highest BCUT2D eigenvalue weighted by molar-refractivity contribution is 6.35. The Hall–Kier alpha value is 0.0500. The minimum Gasteiger partial charge on any atom is -0.311 e. The number of rotatable bonds is 4. The van der Waals surface area contributed by atoms with Crippen LogP contribution in [0.2, 0.25) is 10.0 Å². The van der Waals surface area contributed by atoms with E-state index in [-0.39, 0.29) is 0 Å². The van der Waals surface area contributed by atoms with Gasteiger partial charge in [0.2, 0.25) is 0 Å². The number of hydrogen-bond acceptors (Lipinski definition) is 1. The van der Waals surface area contributed by atoms with E-state index >= 15 is 0 Å². The Labute approximate surface area is 93.0 Å². The molecule has 13 heavy (non-hydrogen) atoms. The first kappa shape index (κ1) is 11.1. The largest absolute Gasteiger partial charge is 0.311 e. The normalized spacial score (nSPS) is 10.4. The van der Waals surface area contributed by atoms with E-state index < -0.39 is 0 Å². The first-order valence-corrected chi connectivity index (χ1v) is 5.24. The number of alkyl halides is 1. The first-order valence-electron chi connectivity index (χ1n) is 3.95. The molecule has 0 atom stereocenters. The number of hydrogen-bond donors (Lipinski definition) is 1. The lowest BCUT2D eigenvalue weighted by molar-refractivity contribution is 0.730. The lowest BCUT2D eigenvalue weighted by Gasteiger charge is -2.06. The van der Waals surface area contributed by atoms with Crippen molar-refractivity contribution in [2.45, 2.75) is 6.54 Å². The molecule has 0 aliphatic rings. The smallest absolute Gasteiger partial charge is 0.0465 e. The summed E-state index contributed by atoms with van der Waals surface area (Å²) in [5, 5.41) is 4.51. The zero-order chi connectivity index (χ0) is 9.68. The molecule has 0 bridgehead atoms. The fourth-order valence-corrected chi connectivity index (χ4v) is 1.65. The summed E-state index contributed by atoms with van der Waals surface area (Å²) < 4.78 is 0. The minimum absolute atomic E-state index is 0.585. The predicted octanol–water partition coefficient (Wildman–Crippen LogP) is 3.32. The maximum atomic E-state index is 5.95. The fourth-order valence-electron chi connectivity index (χ4n) is 0.981. The van der Waals surface area contributed by atoms with Gasteiger partial charge >= 0.3 is 0 Å². The number of nitrogens with one attached hydrogen (secondary N) is 1. The highest BCUT2D eigenvalue weighted by Crippen LogP contribution is 2.23. The second-order valence-corrected chi connectivity index (χ2v) is 3.76. The molecule has 72 valence electrons. The summed E-state index contributed by atoms with van der Waals surface area (Å²) in [4.78, 5) is 0. The molecule has 1 aromatic rings. The van der Waals surface area contributed by atoms with Crippen LogP contribution in [-0.4, -0.2) is 12.4 Å². The second kappa shape index (κ2) is 5.71. The van der Waals surface area contributed by atoms with Gasteiger partial charge in [0.25, 0.3) is 0 Å². The molecule has 0 saturated carbocycles. The van der Waals surface area contributed by atoms with Crippen molar-refractivity contribution in [3.05, 3.63) is 33.8 Å². The third kappa shape index (κ3) is 3.35. The van der Waals surface area contributed by atoms with Crippen LogP contribution >= 0.6 is 34.8 Å². The van der Waals surface area contributed by atoms with E-state index in [1.807, 2.05) is 18.2 Å². The quantitative estimate of drug-likeness (QED) is 0.627. The van der Waals surface area contributed by atoms with Crippen LogP contribution in [0.25, 0.3) is 0 Å². The average Bonchev–Trinajstić information content (AvgIpc) is 2.10. The SMILES string of the molecule is ClCCNCc1c(Cl)cccc1Cl. The van der Waals surface area contributed by atoms with Crippen LogP contribution in [0.15, 0.2) is 18.2 Å². The van der Waals surface area contributed by atoms with Crippen LogP contribution in [0.3, 0.4) is 0 Å². The molecule has 0 aromatic heterocycles. The average molecular weight is 239 g/mol. The maximum Gasteiger partial charge on any atom is 0.0465 e. The monoisotopic (exact) mass is 237 g/mol. The van der Waals surface area contributed by atoms with Gasteiger partial charge in [-0.05, 0) is 12.1 Å². The van der Waals surface area contributed by atoms with Crippen molar-refractivity contribution in [1.82, 2.24) is 5.32 Å². The summed E-state index contributed by atoms with van der Waals surface area (Å²) in [6.45, 7) is 1.41. The van der Waals surface area contributed by atoms with Gasteiger partial charge in [0.05, 0.1) is 0 Å². The van der Waals surface area contributed by atoms with Gasteiger partial charge in [-0.15, -0.1) is 11.6 Å². The van der Waals surface area contributed by atoms with E-state index in [1.54, 1.807) is 0 Å². The van der Waals surface area contributed by atoms with Gasteiger partial charge in [-0.2, -0.15) is 0 Å². The molecule has 0 radical (unpaired) electrons. The van der Waals surface area contributed by atoms with Gasteiger partial charge in [0.15, 0.2) is 0 Å². The van der Waals surface area contributed by atoms with Gasteiger partial charge in [-0.25, -0.2) is 0 Å². The Kier molecular flexibility index (Phi) is 4.89. The van der Waals surface area contributed by atoms with E-state index in [1.165, 1.54) is 0 Å². The topological polar surface area (TPSA) is 12.0 Å². The molecule has 1 N–H and O–H groups in total. The van der Waals surface area contributed by atoms with Crippen LogP contribution in [0.5, 0.6) is 0 Å². The Morgan fingerprint density at radius 2 is 1.77 bits per heavy atom. The van der Waals surface area contributed by atoms with E-state index in [2.05, 4.69) is 5.32 Å². The summed E-state index contributed by atoms with van der Waals surface area (Å²) >= 11 is 17.4. The molecule has 1 nitrogen and oxygen atoms in total. The Bertz CT molecular complexity index is 255. The molecule has 4 heteroatoms. The van der Waals surface area contributed by atoms with Gasteiger partial charge in [-0.3, -0.25) is 0 Å². The van der Waals surface area contributed by atoms with Crippen LogP contribution in [0, 0.1) is 0 Å². The molecule has 0 aliphatic carbocycles. The summed E-state index contributed by atoms with van der Waals surface area (Å²) in [5.74, 6) is 0.585. The Morgan fingerprint density at radius 3 is 2.31 bits per heavy atom. The van der Waals surface area contributed by atoms with Gasteiger partial charge in [0.1, 0.15) is 0 Å². The summed E-state index contributed by atoms with van der Waals surface area (Å²) in [6.07, 6.45) is 0. The van der Waals surface area contributed by atoms with E-state index in [4.69, 9.17) is 34.8 Å². The lowest BCUT2D eigenvalue weighted by atomic mass is 10.2. The molecule has 1 aromatic carbocycles. The third-order valence-electron chi connectivity index (χ3n) is 1.63. The molecule has 0 unspecified atom stereocenters. The van der Waals surface area contributed by atoms with E-state index in [0.29, 0.717) is 22.5 Å². The zero-order valence-electron chi connectivity index (χ0n) is 6.99. The van der Waals surface area contributed by atoms with Crippen molar-refractivity contribution in [2.24, 2.45) is 0 Å². The van der Waals surface area contributed by atoms with Crippen molar-refractivity contribution in [3.63, 3.8) is 0 Å². The van der Waals surface area contributed by atoms with Crippen molar-refractivity contribution in [3.8, 4) is 0 Å². The van der Waals surface area contributed by atoms with Gasteiger partial charge in [0, 0.05) is 34.6 Å². The second-order valence-electron chi connectivity index (χ2n) is 2.57. The molecule has 0 saturated heterocycles. The summed E-state index contributed by atoms with van der Waals surface area (Å²) in [5.41, 5.74) is 0.927. The van der Waals surface area contributed by atoms with E-state index in [9.17, 15) is 0 Å². The van der Waals surface area contributed by atoms with Crippen LogP contribution in [0.1, 0.15) is 5.56 Å². The Balaban J connectivity index is 2.64. The molecular formula is C9H10Cl3N. The minimum atomic E-state index is 0.585. The van der Waals surface area contributed by atoms with Gasteiger partial charge in [-0.1, -0.05) is 29.3 Å². The van der Waals surface area contributed by atoms with Crippen LogP contribution < -0.4 is 5.32 Å². The fraction of sp³-hybridized carbons (Fsp3) is 0.333. The maximum absolute atomic E-state index is 5.95.